The Labute approximate surface area is 127 Å². The van der Waals surface area contributed by atoms with E-state index in [4.69, 9.17) is 4.74 Å². The molecule has 1 N–H and O–H groups in total. The van der Waals surface area contributed by atoms with E-state index in [-0.39, 0.29) is 5.97 Å². The maximum Gasteiger partial charge on any atom is 0.331 e. The molecule has 0 radical (unpaired) electrons. The molecule has 1 unspecified atom stereocenters. The number of nitrogens with one attached hydrogen (secondary N) is 1. The number of rotatable bonds is 6. The average molecular weight is 307 g/mol. The largest absolute Gasteiger partial charge is 0.467 e. The second kappa shape index (κ2) is 6.68. The van der Waals surface area contributed by atoms with Gasteiger partial charge >= 0.3 is 5.97 Å². The highest BCUT2D eigenvalue weighted by atomic mass is 32.2. The first-order valence-corrected chi connectivity index (χ1v) is 7.30. The lowest BCUT2D eigenvalue weighted by Crippen LogP contribution is -2.50. The van der Waals surface area contributed by atoms with Gasteiger partial charge in [-0.25, -0.2) is 9.48 Å². The number of aryl methyl sites for hydroxylation is 1. The van der Waals surface area contributed by atoms with Gasteiger partial charge in [-0.2, -0.15) is 0 Å². The summed E-state index contributed by atoms with van der Waals surface area (Å²) in [5.74, 6) is 0.0628. The minimum atomic E-state index is -0.952. The Balaban J connectivity index is 2.32. The van der Waals surface area contributed by atoms with E-state index in [0.29, 0.717) is 10.9 Å². The molecule has 7 nitrogen and oxygen atoms in total. The zero-order valence-corrected chi connectivity index (χ0v) is 12.9. The normalized spacial score (nSPS) is 13.7. The van der Waals surface area contributed by atoms with E-state index < -0.39 is 5.54 Å². The number of thioether (sulfide) groups is 1. The van der Waals surface area contributed by atoms with Crippen LogP contribution >= 0.6 is 11.8 Å². The number of aromatic nitrogens is 4. The Morgan fingerprint density at radius 3 is 2.67 bits per heavy atom. The first kappa shape index (κ1) is 15.5. The van der Waals surface area contributed by atoms with E-state index in [1.165, 1.54) is 18.9 Å². The van der Waals surface area contributed by atoms with Gasteiger partial charge in [0, 0.05) is 12.8 Å². The number of methoxy groups -OCH3 is 1. The molecule has 1 aromatic heterocycles. The smallest absolute Gasteiger partial charge is 0.331 e. The highest BCUT2D eigenvalue weighted by Crippen LogP contribution is 2.29. The zero-order valence-electron chi connectivity index (χ0n) is 12.1. The van der Waals surface area contributed by atoms with Crippen molar-refractivity contribution in [2.75, 3.05) is 19.9 Å². The monoisotopic (exact) mass is 307 g/mol. The SMILES string of the molecule is CNC(CSc1nnnn1C)(C(=O)OC)c1ccccc1. The molecule has 0 aliphatic heterocycles. The van der Waals surface area contributed by atoms with Crippen LogP contribution in [0.25, 0.3) is 0 Å². The van der Waals surface area contributed by atoms with Crippen molar-refractivity contribution in [1.82, 2.24) is 25.5 Å². The summed E-state index contributed by atoms with van der Waals surface area (Å²) < 4.78 is 6.55. The van der Waals surface area contributed by atoms with Gasteiger partial charge in [-0.15, -0.1) is 5.10 Å². The molecule has 0 amide bonds. The number of nitrogens with zero attached hydrogens (tertiary/aromatic N) is 4. The summed E-state index contributed by atoms with van der Waals surface area (Å²) >= 11 is 1.39. The molecule has 0 aliphatic carbocycles. The van der Waals surface area contributed by atoms with E-state index in [1.54, 1.807) is 18.8 Å². The van der Waals surface area contributed by atoms with Crippen LogP contribution < -0.4 is 5.32 Å². The second-order valence-corrected chi connectivity index (χ2v) is 5.33. The highest BCUT2D eigenvalue weighted by Gasteiger charge is 2.40. The van der Waals surface area contributed by atoms with Crippen molar-refractivity contribution >= 4 is 17.7 Å². The Bertz CT molecular complexity index is 604. The zero-order chi connectivity index (χ0) is 15.3. The number of ether oxygens (including phenoxy) is 1. The predicted octanol–water partition coefficient (Wildman–Crippen LogP) is 0.590. The molecule has 0 fully saturated rings. The van der Waals surface area contributed by atoms with Crippen LogP contribution in [0, 0.1) is 0 Å². The fourth-order valence-corrected chi connectivity index (χ4v) is 3.08. The van der Waals surface area contributed by atoms with E-state index in [0.717, 1.165) is 5.56 Å². The molecule has 0 spiro atoms. The summed E-state index contributed by atoms with van der Waals surface area (Å²) in [6, 6.07) is 9.46. The lowest BCUT2D eigenvalue weighted by molar-refractivity contribution is -0.147. The van der Waals surface area contributed by atoms with Gasteiger partial charge in [0.2, 0.25) is 5.16 Å². The van der Waals surface area contributed by atoms with E-state index in [2.05, 4.69) is 20.8 Å². The molecule has 1 aromatic carbocycles. The van der Waals surface area contributed by atoms with Crippen molar-refractivity contribution in [3.05, 3.63) is 35.9 Å². The van der Waals surface area contributed by atoms with Gasteiger partial charge in [0.25, 0.3) is 0 Å². The Morgan fingerprint density at radius 1 is 1.43 bits per heavy atom. The van der Waals surface area contributed by atoms with E-state index >= 15 is 0 Å². The molecule has 0 saturated heterocycles. The number of carbonyl (C=O) groups is 1. The lowest BCUT2D eigenvalue weighted by atomic mass is 9.92. The molecule has 21 heavy (non-hydrogen) atoms. The van der Waals surface area contributed by atoms with Crippen LogP contribution in [0.3, 0.4) is 0 Å². The third-order valence-electron chi connectivity index (χ3n) is 3.23. The lowest BCUT2D eigenvalue weighted by Gasteiger charge is -2.30. The van der Waals surface area contributed by atoms with E-state index in [9.17, 15) is 4.79 Å². The number of benzene rings is 1. The van der Waals surface area contributed by atoms with Gasteiger partial charge < -0.3 is 10.1 Å². The fourth-order valence-electron chi connectivity index (χ4n) is 1.99. The number of esters is 1. The van der Waals surface area contributed by atoms with Crippen molar-refractivity contribution in [3.8, 4) is 0 Å². The maximum atomic E-state index is 12.4. The first-order valence-electron chi connectivity index (χ1n) is 6.32. The molecule has 0 bridgehead atoms. The minimum Gasteiger partial charge on any atom is -0.467 e. The highest BCUT2D eigenvalue weighted by molar-refractivity contribution is 7.99. The summed E-state index contributed by atoms with van der Waals surface area (Å²) in [7, 11) is 4.87. The molecule has 1 heterocycles. The van der Waals surface area contributed by atoms with Crippen LogP contribution in [0.5, 0.6) is 0 Å². The van der Waals surface area contributed by atoms with Crippen molar-refractivity contribution in [1.29, 1.82) is 0 Å². The standard InChI is InChI=1S/C13H17N5O2S/c1-14-13(11(19)20-3,10-7-5-4-6-8-10)9-21-12-15-16-17-18(12)2/h4-8,14H,9H2,1-3H3. The molecule has 0 saturated carbocycles. The predicted molar refractivity (Wildman–Crippen MR) is 78.7 cm³/mol. The topological polar surface area (TPSA) is 81.9 Å². The summed E-state index contributed by atoms with van der Waals surface area (Å²) in [5, 5.41) is 15.0. The third kappa shape index (κ3) is 3.06. The molecule has 112 valence electrons. The van der Waals surface area contributed by atoms with Gasteiger partial charge in [-0.1, -0.05) is 42.1 Å². The molecule has 2 aromatic rings. The average Bonchev–Trinajstić information content (AvgIpc) is 2.94. The Hall–Kier alpha value is -1.93. The fraction of sp³-hybridized carbons (Fsp3) is 0.385. The van der Waals surface area contributed by atoms with Crippen LogP contribution in [-0.2, 0) is 22.1 Å². The quantitative estimate of drug-likeness (QED) is 0.618. The molecule has 1 atom stereocenters. The number of carbonyl (C=O) groups excluding carboxylic acids is 1. The first-order chi connectivity index (χ1) is 10.1. The number of hydrogen-bond acceptors (Lipinski definition) is 7. The van der Waals surface area contributed by atoms with Crippen LogP contribution in [0.1, 0.15) is 5.56 Å². The van der Waals surface area contributed by atoms with Gasteiger partial charge in [0.1, 0.15) is 0 Å². The van der Waals surface area contributed by atoms with Crippen molar-refractivity contribution < 1.29 is 9.53 Å². The number of hydrogen-bond donors (Lipinski definition) is 1. The molecular weight excluding hydrogens is 290 g/mol. The summed E-state index contributed by atoms with van der Waals surface area (Å²) in [5.41, 5.74) is -0.117. The number of tetrazole rings is 1. The maximum absolute atomic E-state index is 12.4. The minimum absolute atomic E-state index is 0.348. The molecular formula is C13H17N5O2S. The summed E-state index contributed by atoms with van der Waals surface area (Å²) in [6.07, 6.45) is 0. The van der Waals surface area contributed by atoms with Crippen molar-refractivity contribution in [3.63, 3.8) is 0 Å². The van der Waals surface area contributed by atoms with Crippen molar-refractivity contribution in [2.45, 2.75) is 10.7 Å². The summed E-state index contributed by atoms with van der Waals surface area (Å²) in [6.45, 7) is 0. The van der Waals surface area contributed by atoms with Gasteiger partial charge in [0.05, 0.1) is 7.11 Å². The summed E-state index contributed by atoms with van der Waals surface area (Å²) in [4.78, 5) is 12.4. The molecule has 2 rings (SSSR count). The Kier molecular flexibility index (Phi) is 4.92. The number of likely N-dealkylation sites (N-methyl/N-ethyl adjacent to an activating group) is 1. The van der Waals surface area contributed by atoms with Crippen molar-refractivity contribution in [2.24, 2.45) is 7.05 Å². The van der Waals surface area contributed by atoms with Crippen LogP contribution in [0.2, 0.25) is 0 Å². The van der Waals surface area contributed by atoms with Gasteiger partial charge in [-0.05, 0) is 23.0 Å². The van der Waals surface area contributed by atoms with Crippen LogP contribution in [-0.4, -0.2) is 46.1 Å². The van der Waals surface area contributed by atoms with E-state index in [1.807, 2.05) is 30.3 Å². The Morgan fingerprint density at radius 2 is 2.14 bits per heavy atom. The van der Waals surface area contributed by atoms with Gasteiger partial charge in [-0.3, -0.25) is 0 Å². The van der Waals surface area contributed by atoms with Crippen LogP contribution in [0.4, 0.5) is 0 Å². The third-order valence-corrected chi connectivity index (χ3v) is 4.41. The second-order valence-electron chi connectivity index (χ2n) is 4.39. The molecule has 0 aliphatic rings. The molecule has 8 heteroatoms. The van der Waals surface area contributed by atoms with Gasteiger partial charge in [0.15, 0.2) is 5.54 Å². The van der Waals surface area contributed by atoms with Crippen LogP contribution in [0.15, 0.2) is 35.5 Å².